The maximum atomic E-state index is 12.5. The molecule has 1 N–H and O–H groups in total. The maximum Gasteiger partial charge on any atom is 0.234 e. The van der Waals surface area contributed by atoms with Crippen molar-refractivity contribution >= 4 is 35.0 Å². The summed E-state index contributed by atoms with van der Waals surface area (Å²) in [6.45, 7) is 4.10. The molecule has 0 unspecified atom stereocenters. The van der Waals surface area contributed by atoms with Crippen LogP contribution in [0.2, 0.25) is 5.02 Å². The second kappa shape index (κ2) is 9.37. The van der Waals surface area contributed by atoms with Gasteiger partial charge in [-0.25, -0.2) is 0 Å². The molecule has 0 aliphatic carbocycles. The van der Waals surface area contributed by atoms with E-state index >= 15 is 0 Å². The number of hydrogen-bond donors (Lipinski definition) is 1. The Bertz CT molecular complexity index is 1220. The number of carbonyl (C=O) groups excluding carboxylic acids is 1. The molecule has 0 bridgehead atoms. The first-order valence-corrected chi connectivity index (χ1v) is 11.1. The van der Waals surface area contributed by atoms with Crippen LogP contribution in [0.25, 0.3) is 17.1 Å². The number of rotatable bonds is 6. The average Bonchev–Trinajstić information content (AvgIpc) is 3.18. The van der Waals surface area contributed by atoms with Gasteiger partial charge >= 0.3 is 0 Å². The van der Waals surface area contributed by atoms with Gasteiger partial charge in [-0.05, 0) is 43.7 Å². The fourth-order valence-electron chi connectivity index (χ4n) is 3.17. The average molecular weight is 449 g/mol. The lowest BCUT2D eigenvalue weighted by atomic mass is 10.1. The second-order valence-corrected chi connectivity index (χ2v) is 8.46. The Kier molecular flexibility index (Phi) is 6.39. The highest BCUT2D eigenvalue weighted by molar-refractivity contribution is 7.99. The minimum absolute atomic E-state index is 0.158. The summed E-state index contributed by atoms with van der Waals surface area (Å²) in [6.07, 6.45) is 0. The van der Waals surface area contributed by atoms with Crippen LogP contribution in [0.4, 0.5) is 5.69 Å². The van der Waals surface area contributed by atoms with Crippen molar-refractivity contribution < 1.29 is 4.79 Å². The lowest BCUT2D eigenvalue weighted by Gasteiger charge is -2.12. The van der Waals surface area contributed by atoms with Crippen LogP contribution in [0.3, 0.4) is 0 Å². The van der Waals surface area contributed by atoms with Crippen molar-refractivity contribution in [3.05, 3.63) is 88.9 Å². The summed E-state index contributed by atoms with van der Waals surface area (Å²) in [7, 11) is 0. The van der Waals surface area contributed by atoms with E-state index in [2.05, 4.69) is 27.6 Å². The molecule has 0 aliphatic rings. The van der Waals surface area contributed by atoms with Crippen LogP contribution in [0.15, 0.2) is 78.0 Å². The van der Waals surface area contributed by atoms with Crippen LogP contribution in [0.1, 0.15) is 11.1 Å². The fraction of sp³-hybridized carbons (Fsp3) is 0.125. The van der Waals surface area contributed by atoms with Gasteiger partial charge in [-0.15, -0.1) is 10.2 Å². The van der Waals surface area contributed by atoms with Gasteiger partial charge in [0.1, 0.15) is 0 Å². The first kappa shape index (κ1) is 21.2. The van der Waals surface area contributed by atoms with Gasteiger partial charge in [-0.2, -0.15) is 0 Å². The lowest BCUT2D eigenvalue weighted by Crippen LogP contribution is -2.14. The quantitative estimate of drug-likeness (QED) is 0.371. The van der Waals surface area contributed by atoms with E-state index in [1.165, 1.54) is 17.3 Å². The summed E-state index contributed by atoms with van der Waals surface area (Å²) in [5, 5.41) is 12.9. The Labute approximate surface area is 190 Å². The van der Waals surface area contributed by atoms with Gasteiger partial charge in [0.05, 0.1) is 16.5 Å². The number of anilines is 1. The summed E-state index contributed by atoms with van der Waals surface area (Å²) >= 11 is 7.48. The van der Waals surface area contributed by atoms with Crippen LogP contribution in [-0.2, 0) is 4.79 Å². The Hall–Kier alpha value is -3.09. The zero-order chi connectivity index (χ0) is 21.8. The molecule has 4 aromatic rings. The van der Waals surface area contributed by atoms with Gasteiger partial charge in [-0.3, -0.25) is 9.36 Å². The number of thioether (sulfide) groups is 1. The molecule has 7 heteroatoms. The van der Waals surface area contributed by atoms with E-state index in [-0.39, 0.29) is 11.7 Å². The number of para-hydroxylation sites is 1. The molecule has 0 fully saturated rings. The van der Waals surface area contributed by atoms with Crippen molar-refractivity contribution in [2.24, 2.45) is 0 Å². The van der Waals surface area contributed by atoms with Gasteiger partial charge in [-0.1, -0.05) is 77.5 Å². The monoisotopic (exact) mass is 448 g/mol. The van der Waals surface area contributed by atoms with Gasteiger partial charge in [0.2, 0.25) is 5.91 Å². The molecule has 156 valence electrons. The third-order valence-corrected chi connectivity index (χ3v) is 6.05. The molecule has 0 saturated heterocycles. The number of amides is 1. The van der Waals surface area contributed by atoms with Crippen LogP contribution in [-0.4, -0.2) is 26.4 Å². The highest BCUT2D eigenvalue weighted by Crippen LogP contribution is 2.30. The normalized spacial score (nSPS) is 10.8. The first-order chi connectivity index (χ1) is 15.0. The number of nitrogens with zero attached hydrogens (tertiary/aromatic N) is 3. The third-order valence-electron chi connectivity index (χ3n) is 4.79. The van der Waals surface area contributed by atoms with Gasteiger partial charge < -0.3 is 5.32 Å². The zero-order valence-corrected chi connectivity index (χ0v) is 18.7. The van der Waals surface area contributed by atoms with E-state index < -0.39 is 0 Å². The summed E-state index contributed by atoms with van der Waals surface area (Å²) in [6, 6.07) is 23.4. The summed E-state index contributed by atoms with van der Waals surface area (Å²) in [5.74, 6) is 0.771. The highest BCUT2D eigenvalue weighted by Gasteiger charge is 2.18. The number of hydrogen-bond acceptors (Lipinski definition) is 4. The Balaban J connectivity index is 1.63. The first-order valence-electron chi connectivity index (χ1n) is 9.78. The number of benzene rings is 3. The molecule has 0 spiro atoms. The second-order valence-electron chi connectivity index (χ2n) is 7.11. The van der Waals surface area contributed by atoms with Crippen molar-refractivity contribution in [1.29, 1.82) is 0 Å². The van der Waals surface area contributed by atoms with Crippen molar-refractivity contribution in [3.8, 4) is 17.1 Å². The fourth-order valence-corrected chi connectivity index (χ4v) is 4.10. The standard InChI is InChI=1S/C24H21ClN4OS/c1-16-11-13-18(14-12-16)29-23(19-8-4-3-7-17(19)2)27-28-24(29)31-15-22(30)26-21-10-6-5-9-20(21)25/h3-14H,15H2,1-2H3,(H,26,30). The number of halogens is 1. The molecule has 5 nitrogen and oxygen atoms in total. The van der Waals surface area contributed by atoms with Crippen molar-refractivity contribution in [2.45, 2.75) is 19.0 Å². The Morgan fingerprint density at radius 3 is 2.42 bits per heavy atom. The van der Waals surface area contributed by atoms with E-state index in [4.69, 9.17) is 11.6 Å². The minimum atomic E-state index is -0.158. The zero-order valence-electron chi connectivity index (χ0n) is 17.2. The molecule has 0 saturated carbocycles. The van der Waals surface area contributed by atoms with E-state index in [1.54, 1.807) is 12.1 Å². The molecule has 3 aromatic carbocycles. The van der Waals surface area contributed by atoms with Gasteiger partial charge in [0, 0.05) is 11.3 Å². The topological polar surface area (TPSA) is 59.8 Å². The van der Waals surface area contributed by atoms with E-state index in [0.717, 1.165) is 22.6 Å². The van der Waals surface area contributed by atoms with E-state index in [0.29, 0.717) is 15.9 Å². The highest BCUT2D eigenvalue weighted by atomic mass is 35.5. The number of carbonyl (C=O) groups is 1. The van der Waals surface area contributed by atoms with Crippen molar-refractivity contribution in [1.82, 2.24) is 14.8 Å². The molecule has 31 heavy (non-hydrogen) atoms. The van der Waals surface area contributed by atoms with Crippen LogP contribution >= 0.6 is 23.4 Å². The number of aryl methyl sites for hydroxylation is 2. The maximum absolute atomic E-state index is 12.5. The van der Waals surface area contributed by atoms with E-state index in [9.17, 15) is 4.79 Å². The summed E-state index contributed by atoms with van der Waals surface area (Å²) in [5.41, 5.74) is 4.82. The number of nitrogens with one attached hydrogen (secondary N) is 1. The predicted molar refractivity (Wildman–Crippen MR) is 127 cm³/mol. The smallest absolute Gasteiger partial charge is 0.234 e. The molecule has 4 rings (SSSR count). The predicted octanol–water partition coefficient (Wildman–Crippen LogP) is 5.94. The molecule has 1 aromatic heterocycles. The molecule has 0 radical (unpaired) electrons. The molecule has 1 amide bonds. The molecular formula is C24H21ClN4OS. The summed E-state index contributed by atoms with van der Waals surface area (Å²) in [4.78, 5) is 12.5. The van der Waals surface area contributed by atoms with Crippen LogP contribution in [0, 0.1) is 13.8 Å². The van der Waals surface area contributed by atoms with Crippen molar-refractivity contribution in [3.63, 3.8) is 0 Å². The number of aromatic nitrogens is 3. The van der Waals surface area contributed by atoms with Crippen LogP contribution < -0.4 is 5.32 Å². The SMILES string of the molecule is Cc1ccc(-n2c(SCC(=O)Nc3ccccc3Cl)nnc2-c2ccccc2C)cc1. The Morgan fingerprint density at radius 1 is 0.968 bits per heavy atom. The minimum Gasteiger partial charge on any atom is -0.324 e. The summed E-state index contributed by atoms with van der Waals surface area (Å²) < 4.78 is 2.00. The molecule has 0 atom stereocenters. The van der Waals surface area contributed by atoms with E-state index in [1.807, 2.05) is 66.9 Å². The van der Waals surface area contributed by atoms with Crippen LogP contribution in [0.5, 0.6) is 0 Å². The Morgan fingerprint density at radius 2 is 1.68 bits per heavy atom. The van der Waals surface area contributed by atoms with Gasteiger partial charge in [0.15, 0.2) is 11.0 Å². The molecule has 1 heterocycles. The third kappa shape index (κ3) is 4.81. The molecule has 0 aliphatic heterocycles. The lowest BCUT2D eigenvalue weighted by molar-refractivity contribution is -0.113. The van der Waals surface area contributed by atoms with Gasteiger partial charge in [0.25, 0.3) is 0 Å². The largest absolute Gasteiger partial charge is 0.324 e. The van der Waals surface area contributed by atoms with Crippen molar-refractivity contribution in [2.75, 3.05) is 11.1 Å². The molecular weight excluding hydrogens is 428 g/mol.